The van der Waals surface area contributed by atoms with Crippen molar-refractivity contribution >= 4 is 0 Å². The fraction of sp³-hybridized carbons (Fsp3) is 1.00. The Morgan fingerprint density at radius 1 is 1.41 bits per heavy atom. The average Bonchev–Trinajstić information content (AvgIpc) is 2.26. The Balaban J connectivity index is 1.88. The van der Waals surface area contributed by atoms with E-state index in [1.807, 2.05) is 0 Å². The van der Waals surface area contributed by atoms with Crippen LogP contribution in [-0.4, -0.2) is 43.3 Å². The smallest absolute Gasteiger partial charge is 0.0697 e. The number of nitrogens with zero attached hydrogens (tertiary/aromatic N) is 1. The Kier molecular flexibility index (Phi) is 3.81. The van der Waals surface area contributed by atoms with Crippen molar-refractivity contribution in [1.82, 2.24) is 4.90 Å². The third-order valence-corrected chi connectivity index (χ3v) is 4.59. The highest BCUT2D eigenvalue weighted by Crippen LogP contribution is 2.43. The van der Waals surface area contributed by atoms with Gasteiger partial charge in [-0.3, -0.25) is 0 Å². The maximum Gasteiger partial charge on any atom is 0.0697 e. The second-order valence-corrected chi connectivity index (χ2v) is 6.82. The van der Waals surface area contributed by atoms with Crippen molar-refractivity contribution in [2.75, 3.05) is 26.7 Å². The maximum atomic E-state index is 5.99. The molecule has 0 amide bonds. The number of ether oxygens (including phenoxy) is 1. The third-order valence-electron chi connectivity index (χ3n) is 4.59. The first kappa shape index (κ1) is 13.3. The lowest BCUT2D eigenvalue weighted by molar-refractivity contribution is -0.148. The molecule has 0 aromatic rings. The Morgan fingerprint density at radius 3 is 2.65 bits per heavy atom. The van der Waals surface area contributed by atoms with Gasteiger partial charge in [0.15, 0.2) is 0 Å². The molecule has 1 unspecified atom stereocenters. The summed E-state index contributed by atoms with van der Waals surface area (Å²) in [6.07, 6.45) is 6.31. The van der Waals surface area contributed by atoms with Crippen molar-refractivity contribution in [3.8, 4) is 0 Å². The molecular formula is C14H28N2O. The van der Waals surface area contributed by atoms with E-state index in [-0.39, 0.29) is 11.0 Å². The van der Waals surface area contributed by atoms with Crippen LogP contribution in [0.1, 0.15) is 46.0 Å². The second kappa shape index (κ2) is 4.87. The molecule has 2 N–H and O–H groups in total. The zero-order valence-corrected chi connectivity index (χ0v) is 11.7. The van der Waals surface area contributed by atoms with E-state index in [4.69, 9.17) is 10.5 Å². The molecule has 0 aromatic heterocycles. The van der Waals surface area contributed by atoms with Crippen LogP contribution in [0.5, 0.6) is 0 Å². The van der Waals surface area contributed by atoms with Gasteiger partial charge < -0.3 is 15.4 Å². The predicted octanol–water partition coefficient (Wildman–Crippen LogP) is 2.00. The fourth-order valence-corrected chi connectivity index (χ4v) is 3.17. The molecule has 0 bridgehead atoms. The van der Waals surface area contributed by atoms with E-state index in [1.54, 1.807) is 0 Å². The summed E-state index contributed by atoms with van der Waals surface area (Å²) < 4.78 is 5.99. The van der Waals surface area contributed by atoms with Crippen molar-refractivity contribution < 1.29 is 4.74 Å². The lowest BCUT2D eigenvalue weighted by Gasteiger charge is -2.49. The van der Waals surface area contributed by atoms with Gasteiger partial charge in [-0.25, -0.2) is 0 Å². The van der Waals surface area contributed by atoms with Crippen LogP contribution in [0.15, 0.2) is 0 Å². The van der Waals surface area contributed by atoms with Crippen LogP contribution >= 0.6 is 0 Å². The molecule has 17 heavy (non-hydrogen) atoms. The Morgan fingerprint density at radius 2 is 2.12 bits per heavy atom. The summed E-state index contributed by atoms with van der Waals surface area (Å²) in [5.74, 6) is 0. The van der Waals surface area contributed by atoms with Gasteiger partial charge in [0, 0.05) is 19.2 Å². The Hall–Kier alpha value is -0.120. The fourth-order valence-electron chi connectivity index (χ4n) is 3.17. The Labute approximate surface area is 106 Å². The second-order valence-electron chi connectivity index (χ2n) is 6.82. The third kappa shape index (κ3) is 3.01. The summed E-state index contributed by atoms with van der Waals surface area (Å²) >= 11 is 0. The number of nitrogens with two attached hydrogens (primary N) is 1. The number of hydrogen-bond donors (Lipinski definition) is 1. The molecule has 1 aliphatic carbocycles. The molecular weight excluding hydrogens is 212 g/mol. The van der Waals surface area contributed by atoms with Crippen LogP contribution in [0.4, 0.5) is 0 Å². The summed E-state index contributed by atoms with van der Waals surface area (Å²) in [5, 5.41) is 0. The summed E-state index contributed by atoms with van der Waals surface area (Å²) in [6.45, 7) is 7.29. The molecule has 2 fully saturated rings. The quantitative estimate of drug-likeness (QED) is 0.817. The minimum absolute atomic E-state index is 0.222. The molecule has 3 heteroatoms. The highest BCUT2D eigenvalue weighted by atomic mass is 16.5. The molecule has 1 saturated carbocycles. The van der Waals surface area contributed by atoms with E-state index in [0.29, 0.717) is 6.04 Å². The van der Waals surface area contributed by atoms with E-state index >= 15 is 0 Å². The number of rotatable bonds is 4. The van der Waals surface area contributed by atoms with Crippen molar-refractivity contribution in [3.63, 3.8) is 0 Å². The van der Waals surface area contributed by atoms with Crippen LogP contribution < -0.4 is 5.73 Å². The van der Waals surface area contributed by atoms with Gasteiger partial charge >= 0.3 is 0 Å². The van der Waals surface area contributed by atoms with Crippen molar-refractivity contribution in [2.24, 2.45) is 11.1 Å². The van der Waals surface area contributed by atoms with Crippen LogP contribution in [0, 0.1) is 5.41 Å². The minimum atomic E-state index is 0.222. The molecule has 100 valence electrons. The monoisotopic (exact) mass is 240 g/mol. The van der Waals surface area contributed by atoms with Crippen LogP contribution in [0.2, 0.25) is 0 Å². The molecule has 1 heterocycles. The topological polar surface area (TPSA) is 38.5 Å². The van der Waals surface area contributed by atoms with Gasteiger partial charge in [0.1, 0.15) is 0 Å². The summed E-state index contributed by atoms with van der Waals surface area (Å²) in [6, 6.07) is 0.690. The average molecular weight is 240 g/mol. The highest BCUT2D eigenvalue weighted by molar-refractivity contribution is 4.96. The molecule has 2 rings (SSSR count). The first-order valence-electron chi connectivity index (χ1n) is 7.01. The first-order valence-corrected chi connectivity index (χ1v) is 7.01. The summed E-state index contributed by atoms with van der Waals surface area (Å²) in [4.78, 5) is 2.51. The molecule has 0 aromatic carbocycles. The lowest BCUT2D eigenvalue weighted by Crippen LogP contribution is -2.53. The van der Waals surface area contributed by atoms with Gasteiger partial charge in [-0.2, -0.15) is 0 Å². The van der Waals surface area contributed by atoms with Gasteiger partial charge in [0.2, 0.25) is 0 Å². The van der Waals surface area contributed by atoms with Crippen LogP contribution in [0.3, 0.4) is 0 Å². The van der Waals surface area contributed by atoms with Crippen molar-refractivity contribution in [1.29, 1.82) is 0 Å². The van der Waals surface area contributed by atoms with Crippen LogP contribution in [0.25, 0.3) is 0 Å². The lowest BCUT2D eigenvalue weighted by atomic mass is 9.73. The zero-order valence-electron chi connectivity index (χ0n) is 11.7. The molecule has 2 aliphatic rings. The molecule has 0 radical (unpaired) electrons. The van der Waals surface area contributed by atoms with Crippen molar-refractivity contribution in [2.45, 2.75) is 57.6 Å². The molecule has 3 nitrogen and oxygen atoms in total. The summed E-state index contributed by atoms with van der Waals surface area (Å²) in [5.41, 5.74) is 6.30. The van der Waals surface area contributed by atoms with E-state index < -0.39 is 0 Å². The van der Waals surface area contributed by atoms with Crippen LogP contribution in [-0.2, 0) is 4.74 Å². The van der Waals surface area contributed by atoms with E-state index in [1.165, 1.54) is 32.1 Å². The first-order chi connectivity index (χ1) is 7.96. The van der Waals surface area contributed by atoms with E-state index in [0.717, 1.165) is 19.7 Å². The number of hydrogen-bond acceptors (Lipinski definition) is 3. The van der Waals surface area contributed by atoms with Gasteiger partial charge in [-0.15, -0.1) is 0 Å². The highest BCUT2D eigenvalue weighted by Gasteiger charge is 2.43. The normalized spacial score (nSPS) is 28.4. The molecule has 1 saturated heterocycles. The largest absolute Gasteiger partial charge is 0.375 e. The van der Waals surface area contributed by atoms with E-state index in [9.17, 15) is 0 Å². The molecule has 1 aliphatic heterocycles. The van der Waals surface area contributed by atoms with Gasteiger partial charge in [-0.05, 0) is 51.1 Å². The standard InChI is InChI=1S/C14H28N2O/c1-13(2,10-15)11-16(3)12-5-8-17-14(9-12)6-4-7-14/h12H,4-11,15H2,1-3H3. The SMILES string of the molecule is CN(CC(C)(C)CN)C1CCOC2(CCC2)C1. The predicted molar refractivity (Wildman–Crippen MR) is 71.0 cm³/mol. The minimum Gasteiger partial charge on any atom is -0.375 e. The van der Waals surface area contributed by atoms with Gasteiger partial charge in [0.05, 0.1) is 5.60 Å². The zero-order chi connectivity index (χ0) is 12.5. The van der Waals surface area contributed by atoms with E-state index in [2.05, 4.69) is 25.8 Å². The molecule has 1 atom stereocenters. The van der Waals surface area contributed by atoms with Gasteiger partial charge in [0.25, 0.3) is 0 Å². The van der Waals surface area contributed by atoms with Gasteiger partial charge in [-0.1, -0.05) is 13.8 Å². The molecule has 1 spiro atoms. The maximum absolute atomic E-state index is 5.99. The summed E-state index contributed by atoms with van der Waals surface area (Å²) in [7, 11) is 2.25. The Bertz CT molecular complexity index is 261. The van der Waals surface area contributed by atoms with Crippen molar-refractivity contribution in [3.05, 3.63) is 0 Å².